The molecular weight excluding hydrogens is 351 g/mol. The number of aromatic nitrogens is 5. The van der Waals surface area contributed by atoms with Crippen molar-refractivity contribution in [3.8, 4) is 0 Å². The molecule has 7 nitrogen and oxygen atoms in total. The maximum absolute atomic E-state index is 13.0. The number of aryl methyl sites for hydroxylation is 1. The standard InChI is InChI=1S/C16H14F3N5O2/c17-16(18,19)9-5-6-12-21-22-13(23(12)7-9)8-24-14(25)10-3-1-2-4-11(10)20-15(24)26/h1-4,9H,5-8H2,(H,20,26). The average molecular weight is 365 g/mol. The molecule has 0 saturated heterocycles. The number of halogens is 3. The minimum absolute atomic E-state index is 0.0435. The zero-order valence-electron chi connectivity index (χ0n) is 13.5. The summed E-state index contributed by atoms with van der Waals surface area (Å²) in [5, 5.41) is 8.13. The lowest BCUT2D eigenvalue weighted by molar-refractivity contribution is -0.182. The van der Waals surface area contributed by atoms with E-state index in [0.717, 1.165) is 4.57 Å². The van der Waals surface area contributed by atoms with Crippen LogP contribution < -0.4 is 11.2 Å². The van der Waals surface area contributed by atoms with Crippen molar-refractivity contribution in [1.82, 2.24) is 24.3 Å². The van der Waals surface area contributed by atoms with E-state index in [0.29, 0.717) is 16.7 Å². The number of benzene rings is 1. The van der Waals surface area contributed by atoms with Crippen LogP contribution in [0.3, 0.4) is 0 Å². The summed E-state index contributed by atoms with van der Waals surface area (Å²) in [6, 6.07) is 6.53. The lowest BCUT2D eigenvalue weighted by atomic mass is 9.99. The van der Waals surface area contributed by atoms with Crippen LogP contribution in [0.1, 0.15) is 18.1 Å². The van der Waals surface area contributed by atoms with Crippen molar-refractivity contribution in [3.63, 3.8) is 0 Å². The predicted molar refractivity (Wildman–Crippen MR) is 85.8 cm³/mol. The quantitative estimate of drug-likeness (QED) is 0.745. The van der Waals surface area contributed by atoms with Gasteiger partial charge in [0.05, 0.1) is 23.4 Å². The molecule has 0 saturated carbocycles. The van der Waals surface area contributed by atoms with Crippen LogP contribution in [-0.2, 0) is 19.5 Å². The van der Waals surface area contributed by atoms with Gasteiger partial charge in [0.1, 0.15) is 5.82 Å². The first kappa shape index (κ1) is 16.6. The van der Waals surface area contributed by atoms with Crippen molar-refractivity contribution in [2.75, 3.05) is 0 Å². The molecule has 3 heterocycles. The monoisotopic (exact) mass is 365 g/mol. The van der Waals surface area contributed by atoms with Crippen LogP contribution in [0.4, 0.5) is 13.2 Å². The zero-order chi connectivity index (χ0) is 18.5. The number of H-pyrrole nitrogens is 1. The van der Waals surface area contributed by atoms with Gasteiger partial charge in [0.25, 0.3) is 5.56 Å². The van der Waals surface area contributed by atoms with Gasteiger partial charge in [-0.15, -0.1) is 10.2 Å². The predicted octanol–water partition coefficient (Wildman–Crippen LogP) is 1.45. The summed E-state index contributed by atoms with van der Waals surface area (Å²) in [4.78, 5) is 27.4. The van der Waals surface area contributed by atoms with Crippen molar-refractivity contribution in [1.29, 1.82) is 0 Å². The first-order valence-corrected chi connectivity index (χ1v) is 8.04. The van der Waals surface area contributed by atoms with Gasteiger partial charge in [-0.05, 0) is 18.6 Å². The van der Waals surface area contributed by atoms with E-state index in [9.17, 15) is 22.8 Å². The van der Waals surface area contributed by atoms with Crippen molar-refractivity contribution < 1.29 is 13.2 Å². The summed E-state index contributed by atoms with van der Waals surface area (Å²) in [6.45, 7) is -0.544. The van der Waals surface area contributed by atoms with Gasteiger partial charge in [-0.2, -0.15) is 13.2 Å². The molecule has 3 aromatic rings. The van der Waals surface area contributed by atoms with Crippen LogP contribution in [0.2, 0.25) is 0 Å². The lowest BCUT2D eigenvalue weighted by Crippen LogP contribution is -2.37. The first-order valence-electron chi connectivity index (χ1n) is 8.04. The van der Waals surface area contributed by atoms with Crippen molar-refractivity contribution in [2.24, 2.45) is 5.92 Å². The Balaban J connectivity index is 1.74. The Morgan fingerprint density at radius 2 is 1.96 bits per heavy atom. The highest BCUT2D eigenvalue weighted by Gasteiger charge is 2.42. The number of hydrogen-bond donors (Lipinski definition) is 1. The lowest BCUT2D eigenvalue weighted by Gasteiger charge is -2.26. The fourth-order valence-electron chi connectivity index (χ4n) is 3.25. The molecule has 136 valence electrons. The van der Waals surface area contributed by atoms with Gasteiger partial charge in [-0.3, -0.25) is 9.36 Å². The van der Waals surface area contributed by atoms with Gasteiger partial charge in [-0.1, -0.05) is 12.1 Å². The van der Waals surface area contributed by atoms with Crippen molar-refractivity contribution >= 4 is 10.9 Å². The molecule has 26 heavy (non-hydrogen) atoms. The molecule has 1 unspecified atom stereocenters. The van der Waals surface area contributed by atoms with Gasteiger partial charge in [0.2, 0.25) is 0 Å². The number of alkyl halides is 3. The third-order valence-electron chi connectivity index (χ3n) is 4.68. The van der Waals surface area contributed by atoms with E-state index in [1.165, 1.54) is 4.57 Å². The number of nitrogens with zero attached hydrogens (tertiary/aromatic N) is 4. The van der Waals surface area contributed by atoms with E-state index in [4.69, 9.17) is 0 Å². The molecule has 0 fully saturated rings. The fraction of sp³-hybridized carbons (Fsp3) is 0.375. The van der Waals surface area contributed by atoms with Crippen molar-refractivity contribution in [2.45, 2.75) is 32.1 Å². The molecule has 1 atom stereocenters. The van der Waals surface area contributed by atoms with Gasteiger partial charge < -0.3 is 9.55 Å². The van der Waals surface area contributed by atoms with Crippen LogP contribution in [-0.4, -0.2) is 30.5 Å². The number of para-hydroxylation sites is 1. The summed E-state index contributed by atoms with van der Waals surface area (Å²) in [7, 11) is 0. The topological polar surface area (TPSA) is 85.6 Å². The van der Waals surface area contributed by atoms with E-state index in [-0.39, 0.29) is 31.8 Å². The molecule has 10 heteroatoms. The second kappa shape index (κ2) is 5.82. The number of nitrogens with one attached hydrogen (secondary N) is 1. The van der Waals surface area contributed by atoms with E-state index < -0.39 is 23.3 Å². The molecule has 4 rings (SSSR count). The summed E-state index contributed by atoms with van der Waals surface area (Å²) in [5.74, 6) is -0.890. The summed E-state index contributed by atoms with van der Waals surface area (Å²) in [6.07, 6.45) is -4.20. The van der Waals surface area contributed by atoms with E-state index in [2.05, 4.69) is 15.2 Å². The Morgan fingerprint density at radius 3 is 2.73 bits per heavy atom. The number of rotatable bonds is 2. The summed E-state index contributed by atoms with van der Waals surface area (Å²) >= 11 is 0. The van der Waals surface area contributed by atoms with Gasteiger partial charge in [-0.25, -0.2) is 4.79 Å². The SMILES string of the molecule is O=c1[nH]c2ccccc2c(=O)n1Cc1nnc2n1CC(C(F)(F)F)CC2. The van der Waals surface area contributed by atoms with Gasteiger partial charge in [0, 0.05) is 13.0 Å². The number of hydrogen-bond acceptors (Lipinski definition) is 4. The van der Waals surface area contributed by atoms with E-state index in [1.807, 2.05) is 0 Å². The van der Waals surface area contributed by atoms with E-state index >= 15 is 0 Å². The Hall–Kier alpha value is -2.91. The summed E-state index contributed by atoms with van der Waals surface area (Å²) in [5.41, 5.74) is -0.765. The van der Waals surface area contributed by atoms with Crippen LogP contribution in [0.5, 0.6) is 0 Å². The molecule has 1 aliphatic heterocycles. The Kier molecular flexibility index (Phi) is 3.70. The van der Waals surface area contributed by atoms with Crippen LogP contribution in [0.25, 0.3) is 10.9 Å². The Morgan fingerprint density at radius 1 is 1.19 bits per heavy atom. The van der Waals surface area contributed by atoms with E-state index in [1.54, 1.807) is 24.3 Å². The second-order valence-corrected chi connectivity index (χ2v) is 6.29. The highest BCUT2D eigenvalue weighted by Crippen LogP contribution is 2.34. The summed E-state index contributed by atoms with van der Waals surface area (Å²) < 4.78 is 41.4. The fourth-order valence-corrected chi connectivity index (χ4v) is 3.25. The molecule has 0 radical (unpaired) electrons. The molecule has 1 aliphatic rings. The largest absolute Gasteiger partial charge is 0.393 e. The maximum Gasteiger partial charge on any atom is 0.393 e. The van der Waals surface area contributed by atoms with Gasteiger partial charge >= 0.3 is 11.9 Å². The molecule has 2 aromatic heterocycles. The smallest absolute Gasteiger partial charge is 0.313 e. The minimum atomic E-state index is -4.31. The molecule has 0 aliphatic carbocycles. The number of aromatic amines is 1. The minimum Gasteiger partial charge on any atom is -0.313 e. The average Bonchev–Trinajstić information content (AvgIpc) is 3.00. The zero-order valence-corrected chi connectivity index (χ0v) is 13.5. The first-order chi connectivity index (χ1) is 12.3. The van der Waals surface area contributed by atoms with Crippen LogP contribution >= 0.6 is 0 Å². The van der Waals surface area contributed by atoms with Crippen LogP contribution in [0, 0.1) is 5.92 Å². The van der Waals surface area contributed by atoms with Crippen LogP contribution in [0.15, 0.2) is 33.9 Å². The normalized spacial score (nSPS) is 17.4. The van der Waals surface area contributed by atoms with Gasteiger partial charge in [0.15, 0.2) is 5.82 Å². The second-order valence-electron chi connectivity index (χ2n) is 6.29. The molecular formula is C16H14F3N5O2. The van der Waals surface area contributed by atoms with Crippen molar-refractivity contribution in [3.05, 3.63) is 56.8 Å². The molecule has 0 amide bonds. The molecule has 1 N–H and O–H groups in total. The third-order valence-corrected chi connectivity index (χ3v) is 4.68. The highest BCUT2D eigenvalue weighted by molar-refractivity contribution is 5.76. The molecule has 0 spiro atoms. The number of fused-ring (bicyclic) bond motifs is 2. The Bertz CT molecular complexity index is 1100. The third kappa shape index (κ3) is 2.71. The maximum atomic E-state index is 13.0. The molecule has 1 aromatic carbocycles. The highest BCUT2D eigenvalue weighted by atomic mass is 19.4. The molecule has 0 bridgehead atoms. The Labute approximate surface area is 144 Å².